The standard InChI is InChI=1S/C22H29N3O3S/c1-24-16-14-20(15-17-24)25(2)29(27,28)21-11-9-19(10-12-21)23-22(26)13-8-18-6-4-3-5-7-18/h3-7,9-12,20H,8,13-17H2,1-2H3,(H,23,26)/p+1. The molecule has 0 unspecified atom stereocenters. The second-order valence-electron chi connectivity index (χ2n) is 7.77. The highest BCUT2D eigenvalue weighted by atomic mass is 32.2. The van der Waals surface area contributed by atoms with Gasteiger partial charge in [0.2, 0.25) is 15.9 Å². The number of anilines is 1. The molecule has 1 fully saturated rings. The Bertz CT molecular complexity index is 906. The van der Waals surface area contributed by atoms with Crippen LogP contribution in [0.25, 0.3) is 0 Å². The van der Waals surface area contributed by atoms with Gasteiger partial charge in [0, 0.05) is 38.0 Å². The summed E-state index contributed by atoms with van der Waals surface area (Å²) in [6.07, 6.45) is 2.79. The first-order valence-electron chi connectivity index (χ1n) is 10.1. The number of rotatable bonds is 7. The summed E-state index contributed by atoms with van der Waals surface area (Å²) >= 11 is 0. The molecule has 156 valence electrons. The number of likely N-dealkylation sites (tertiary alicyclic amines) is 1. The Labute approximate surface area is 173 Å². The zero-order chi connectivity index (χ0) is 20.9. The molecule has 0 spiro atoms. The summed E-state index contributed by atoms with van der Waals surface area (Å²) in [5, 5.41) is 2.84. The van der Waals surface area contributed by atoms with E-state index in [4.69, 9.17) is 0 Å². The minimum absolute atomic E-state index is 0.0427. The average Bonchev–Trinajstić information content (AvgIpc) is 2.73. The van der Waals surface area contributed by atoms with Crippen molar-refractivity contribution in [3.05, 3.63) is 60.2 Å². The van der Waals surface area contributed by atoms with Crippen molar-refractivity contribution in [2.45, 2.75) is 36.6 Å². The number of nitrogens with zero attached hydrogens (tertiary/aromatic N) is 1. The van der Waals surface area contributed by atoms with Crippen LogP contribution in [0.4, 0.5) is 5.69 Å². The molecule has 0 bridgehead atoms. The number of hydrogen-bond donors (Lipinski definition) is 2. The molecule has 0 radical (unpaired) electrons. The number of carbonyl (C=O) groups excluding carboxylic acids is 1. The van der Waals surface area contributed by atoms with E-state index in [1.54, 1.807) is 31.3 Å². The minimum atomic E-state index is -3.54. The van der Waals surface area contributed by atoms with Gasteiger partial charge in [0.25, 0.3) is 0 Å². The van der Waals surface area contributed by atoms with Gasteiger partial charge in [-0.25, -0.2) is 8.42 Å². The Morgan fingerprint density at radius 1 is 1.07 bits per heavy atom. The number of amides is 1. The van der Waals surface area contributed by atoms with Crippen molar-refractivity contribution in [3.63, 3.8) is 0 Å². The third-order valence-corrected chi connectivity index (χ3v) is 7.55. The maximum Gasteiger partial charge on any atom is 0.243 e. The van der Waals surface area contributed by atoms with E-state index in [0.717, 1.165) is 31.5 Å². The Kier molecular flexibility index (Phi) is 7.05. The third kappa shape index (κ3) is 5.65. The average molecular weight is 417 g/mol. The van der Waals surface area contributed by atoms with E-state index in [9.17, 15) is 13.2 Å². The Balaban J connectivity index is 1.58. The molecule has 1 heterocycles. The number of nitrogens with one attached hydrogen (secondary N) is 2. The smallest absolute Gasteiger partial charge is 0.243 e. The van der Waals surface area contributed by atoms with Crippen molar-refractivity contribution in [1.29, 1.82) is 0 Å². The summed E-state index contributed by atoms with van der Waals surface area (Å²) in [5.74, 6) is -0.0876. The van der Waals surface area contributed by atoms with Crippen LogP contribution in [0, 0.1) is 0 Å². The molecular formula is C22H30N3O3S+. The molecule has 0 aliphatic carbocycles. The van der Waals surface area contributed by atoms with Crippen molar-refractivity contribution in [2.75, 3.05) is 32.5 Å². The van der Waals surface area contributed by atoms with E-state index in [1.165, 1.54) is 9.21 Å². The van der Waals surface area contributed by atoms with Crippen LogP contribution in [-0.4, -0.2) is 51.9 Å². The van der Waals surface area contributed by atoms with Crippen molar-refractivity contribution in [3.8, 4) is 0 Å². The molecule has 7 heteroatoms. The summed E-state index contributed by atoms with van der Waals surface area (Å²) in [4.78, 5) is 13.9. The molecular weight excluding hydrogens is 386 g/mol. The molecule has 1 aliphatic rings. The lowest BCUT2D eigenvalue weighted by Crippen LogP contribution is -3.10. The summed E-state index contributed by atoms with van der Waals surface area (Å²) in [5.41, 5.74) is 1.72. The van der Waals surface area contributed by atoms with E-state index in [1.807, 2.05) is 30.3 Å². The Morgan fingerprint density at radius 3 is 2.31 bits per heavy atom. The molecule has 2 N–H and O–H groups in total. The fourth-order valence-corrected chi connectivity index (χ4v) is 5.07. The first-order chi connectivity index (χ1) is 13.9. The minimum Gasteiger partial charge on any atom is -0.337 e. The number of hydrogen-bond acceptors (Lipinski definition) is 3. The van der Waals surface area contributed by atoms with Gasteiger partial charge in [-0.2, -0.15) is 4.31 Å². The first kappa shape index (κ1) is 21.5. The normalized spacial score (nSPS) is 19.8. The number of aryl methyl sites for hydroxylation is 1. The predicted octanol–water partition coefficient (Wildman–Crippen LogP) is 1.56. The van der Waals surface area contributed by atoms with Gasteiger partial charge in [0.15, 0.2) is 0 Å². The zero-order valence-electron chi connectivity index (χ0n) is 17.1. The lowest BCUT2D eigenvalue weighted by molar-refractivity contribution is -0.885. The van der Waals surface area contributed by atoms with Gasteiger partial charge < -0.3 is 10.2 Å². The maximum atomic E-state index is 12.9. The van der Waals surface area contributed by atoms with Crippen LogP contribution in [-0.2, 0) is 21.2 Å². The van der Waals surface area contributed by atoms with Crippen LogP contribution in [0.5, 0.6) is 0 Å². The number of sulfonamides is 1. The van der Waals surface area contributed by atoms with Crippen LogP contribution < -0.4 is 10.2 Å². The summed E-state index contributed by atoms with van der Waals surface area (Å²) in [7, 11) is 0.267. The predicted molar refractivity (Wildman–Crippen MR) is 114 cm³/mol. The molecule has 2 aromatic carbocycles. The van der Waals surface area contributed by atoms with E-state index in [2.05, 4.69) is 12.4 Å². The Morgan fingerprint density at radius 2 is 1.69 bits per heavy atom. The molecule has 1 amide bonds. The van der Waals surface area contributed by atoms with Crippen LogP contribution in [0.1, 0.15) is 24.8 Å². The maximum absolute atomic E-state index is 12.9. The number of benzene rings is 2. The van der Waals surface area contributed by atoms with Crippen molar-refractivity contribution < 1.29 is 18.1 Å². The van der Waals surface area contributed by atoms with E-state index in [0.29, 0.717) is 18.5 Å². The fraction of sp³-hybridized carbons (Fsp3) is 0.409. The van der Waals surface area contributed by atoms with Gasteiger partial charge in [-0.15, -0.1) is 0 Å². The van der Waals surface area contributed by atoms with Gasteiger partial charge >= 0.3 is 0 Å². The topological polar surface area (TPSA) is 70.9 Å². The van der Waals surface area contributed by atoms with Crippen molar-refractivity contribution in [2.24, 2.45) is 0 Å². The number of carbonyl (C=O) groups is 1. The lowest BCUT2D eigenvalue weighted by Gasteiger charge is -2.32. The SMILES string of the molecule is CN(C1CC[NH+](C)CC1)S(=O)(=O)c1ccc(NC(=O)CCc2ccccc2)cc1. The first-order valence-corrected chi connectivity index (χ1v) is 11.5. The molecule has 2 aromatic rings. The zero-order valence-corrected chi connectivity index (χ0v) is 17.9. The summed E-state index contributed by atoms with van der Waals surface area (Å²) in [6, 6.07) is 16.3. The molecule has 29 heavy (non-hydrogen) atoms. The molecule has 1 aliphatic heterocycles. The van der Waals surface area contributed by atoms with Crippen LogP contribution in [0.3, 0.4) is 0 Å². The second kappa shape index (κ2) is 9.52. The quantitative estimate of drug-likeness (QED) is 0.720. The molecule has 6 nitrogen and oxygen atoms in total. The van der Waals surface area contributed by atoms with E-state index in [-0.39, 0.29) is 16.8 Å². The largest absolute Gasteiger partial charge is 0.337 e. The van der Waals surface area contributed by atoms with Gasteiger partial charge in [-0.05, 0) is 36.2 Å². The summed E-state index contributed by atoms with van der Waals surface area (Å²) < 4.78 is 27.4. The van der Waals surface area contributed by atoms with Crippen LogP contribution >= 0.6 is 0 Å². The van der Waals surface area contributed by atoms with Crippen LogP contribution in [0.15, 0.2) is 59.5 Å². The third-order valence-electron chi connectivity index (χ3n) is 5.62. The highest BCUT2D eigenvalue weighted by molar-refractivity contribution is 7.89. The van der Waals surface area contributed by atoms with Crippen molar-refractivity contribution in [1.82, 2.24) is 4.31 Å². The highest BCUT2D eigenvalue weighted by Crippen LogP contribution is 2.22. The van der Waals surface area contributed by atoms with E-state index < -0.39 is 10.0 Å². The van der Waals surface area contributed by atoms with Crippen LogP contribution in [0.2, 0.25) is 0 Å². The highest BCUT2D eigenvalue weighted by Gasteiger charge is 2.31. The molecule has 0 atom stereocenters. The van der Waals surface area contributed by atoms with Crippen molar-refractivity contribution >= 4 is 21.6 Å². The number of quaternary nitrogens is 1. The molecule has 1 saturated heterocycles. The molecule has 3 rings (SSSR count). The Hall–Kier alpha value is -2.22. The number of piperidine rings is 1. The van der Waals surface area contributed by atoms with Gasteiger partial charge in [0.1, 0.15) is 0 Å². The lowest BCUT2D eigenvalue weighted by atomic mass is 10.1. The fourth-order valence-electron chi connectivity index (χ4n) is 3.66. The van der Waals surface area contributed by atoms with Gasteiger partial charge in [0.05, 0.1) is 25.0 Å². The van der Waals surface area contributed by atoms with Gasteiger partial charge in [-0.3, -0.25) is 4.79 Å². The second-order valence-corrected chi connectivity index (χ2v) is 9.77. The molecule has 0 saturated carbocycles. The summed E-state index contributed by atoms with van der Waals surface area (Å²) in [6.45, 7) is 1.97. The van der Waals surface area contributed by atoms with Gasteiger partial charge in [-0.1, -0.05) is 30.3 Å². The molecule has 0 aromatic heterocycles. The van der Waals surface area contributed by atoms with E-state index >= 15 is 0 Å². The monoisotopic (exact) mass is 416 g/mol.